The van der Waals surface area contributed by atoms with E-state index in [1.54, 1.807) is 6.20 Å². The molecule has 5 nitrogen and oxygen atoms in total. The molecule has 4 N–H and O–H groups in total. The molecule has 1 saturated carbocycles. The lowest BCUT2D eigenvalue weighted by atomic mass is 10.2. The molecule has 76 valence electrons. The van der Waals surface area contributed by atoms with Gasteiger partial charge >= 0.3 is 0 Å². The van der Waals surface area contributed by atoms with Gasteiger partial charge in [-0.05, 0) is 17.9 Å². The molecule has 0 aromatic carbocycles. The van der Waals surface area contributed by atoms with Gasteiger partial charge in [-0.2, -0.15) is 4.98 Å². The third kappa shape index (κ3) is 1.77. The van der Waals surface area contributed by atoms with Crippen LogP contribution in [0.2, 0.25) is 0 Å². The Morgan fingerprint density at radius 2 is 2.29 bits per heavy atom. The summed E-state index contributed by atoms with van der Waals surface area (Å²) in [5.41, 5.74) is 2.81. The minimum absolute atomic E-state index is 0.390. The lowest BCUT2D eigenvalue weighted by molar-refractivity contribution is 0.630. The van der Waals surface area contributed by atoms with Gasteiger partial charge in [0.2, 0.25) is 5.95 Å². The quantitative estimate of drug-likeness (QED) is 0.492. The first kappa shape index (κ1) is 9.21. The Hall–Kier alpha value is -1.36. The predicted molar refractivity (Wildman–Crippen MR) is 55.7 cm³/mol. The fraction of sp³-hybridized carbons (Fsp3) is 0.556. The van der Waals surface area contributed by atoms with Crippen LogP contribution in [0, 0.1) is 5.41 Å². The number of nitrogen functional groups attached to an aromatic ring is 1. The Morgan fingerprint density at radius 3 is 2.86 bits per heavy atom. The number of anilines is 2. The van der Waals surface area contributed by atoms with Crippen molar-refractivity contribution in [2.75, 3.05) is 10.7 Å². The Balaban J connectivity index is 2.03. The van der Waals surface area contributed by atoms with Gasteiger partial charge in [-0.15, -0.1) is 0 Å². The monoisotopic (exact) mass is 193 g/mol. The summed E-state index contributed by atoms with van der Waals surface area (Å²) < 4.78 is 0. The summed E-state index contributed by atoms with van der Waals surface area (Å²) in [6.45, 7) is 4.46. The van der Waals surface area contributed by atoms with Gasteiger partial charge in [0, 0.05) is 12.2 Å². The zero-order chi connectivity index (χ0) is 10.2. The lowest BCUT2D eigenvalue weighted by Gasteiger charge is -2.07. The lowest BCUT2D eigenvalue weighted by Crippen LogP contribution is -2.13. The molecule has 14 heavy (non-hydrogen) atoms. The van der Waals surface area contributed by atoms with Crippen molar-refractivity contribution in [1.29, 1.82) is 0 Å². The number of rotatable bonds is 3. The predicted octanol–water partition coefficient (Wildman–Crippen LogP) is 0.973. The molecular formula is C9H15N5. The summed E-state index contributed by atoms with van der Waals surface area (Å²) in [6.07, 6.45) is 2.86. The maximum absolute atomic E-state index is 5.22. The number of hydrazine groups is 1. The van der Waals surface area contributed by atoms with E-state index >= 15 is 0 Å². The zero-order valence-corrected chi connectivity index (χ0v) is 8.41. The van der Waals surface area contributed by atoms with Crippen molar-refractivity contribution in [3.05, 3.63) is 12.3 Å². The van der Waals surface area contributed by atoms with Crippen molar-refractivity contribution in [3.63, 3.8) is 0 Å². The molecular weight excluding hydrogens is 178 g/mol. The first-order valence-corrected chi connectivity index (χ1v) is 4.68. The number of aromatic nitrogens is 2. The second-order valence-corrected chi connectivity index (χ2v) is 4.30. The normalized spacial score (nSPS) is 22.9. The first-order chi connectivity index (χ1) is 6.62. The van der Waals surface area contributed by atoms with Crippen LogP contribution in [0.5, 0.6) is 0 Å². The smallest absolute Gasteiger partial charge is 0.239 e. The molecule has 1 aliphatic rings. The van der Waals surface area contributed by atoms with E-state index in [-0.39, 0.29) is 0 Å². The average molecular weight is 193 g/mol. The third-order valence-corrected chi connectivity index (χ3v) is 2.62. The van der Waals surface area contributed by atoms with Gasteiger partial charge in [0.15, 0.2) is 0 Å². The van der Waals surface area contributed by atoms with Gasteiger partial charge in [0.25, 0.3) is 0 Å². The molecule has 0 aliphatic heterocycles. The van der Waals surface area contributed by atoms with E-state index in [1.807, 2.05) is 6.07 Å². The molecule has 0 saturated heterocycles. The highest BCUT2D eigenvalue weighted by Gasteiger charge is 2.45. The summed E-state index contributed by atoms with van der Waals surface area (Å²) in [6, 6.07) is 2.36. The average Bonchev–Trinajstić information content (AvgIpc) is 2.74. The Morgan fingerprint density at radius 1 is 1.57 bits per heavy atom. The molecule has 1 aliphatic carbocycles. The van der Waals surface area contributed by atoms with E-state index in [0.717, 1.165) is 5.82 Å². The Bertz CT molecular complexity index is 336. The van der Waals surface area contributed by atoms with E-state index in [9.17, 15) is 0 Å². The maximum atomic E-state index is 5.22. The highest BCUT2D eigenvalue weighted by atomic mass is 15.3. The molecule has 1 unspecified atom stereocenters. The summed E-state index contributed by atoms with van der Waals surface area (Å²) in [5.74, 6) is 6.48. The zero-order valence-electron chi connectivity index (χ0n) is 8.41. The Kier molecular flexibility index (Phi) is 2.03. The second-order valence-electron chi connectivity index (χ2n) is 4.30. The number of nitrogens with one attached hydrogen (secondary N) is 2. The van der Waals surface area contributed by atoms with E-state index in [0.29, 0.717) is 17.4 Å². The van der Waals surface area contributed by atoms with E-state index in [1.165, 1.54) is 6.42 Å². The summed E-state index contributed by atoms with van der Waals surface area (Å²) in [5, 5.41) is 3.33. The molecule has 0 bridgehead atoms. The molecule has 1 aromatic heterocycles. The van der Waals surface area contributed by atoms with Crippen molar-refractivity contribution in [3.8, 4) is 0 Å². The van der Waals surface area contributed by atoms with Gasteiger partial charge in [-0.25, -0.2) is 10.8 Å². The fourth-order valence-corrected chi connectivity index (χ4v) is 1.40. The number of nitrogens with two attached hydrogens (primary N) is 1. The van der Waals surface area contributed by atoms with Gasteiger partial charge in [-0.1, -0.05) is 13.8 Å². The molecule has 0 radical (unpaired) electrons. The molecule has 1 heterocycles. The van der Waals surface area contributed by atoms with Crippen molar-refractivity contribution in [2.24, 2.45) is 11.3 Å². The van der Waals surface area contributed by atoms with E-state index in [2.05, 4.69) is 34.6 Å². The Labute approximate surface area is 83.1 Å². The summed E-state index contributed by atoms with van der Waals surface area (Å²) in [4.78, 5) is 8.11. The van der Waals surface area contributed by atoms with Crippen LogP contribution in [0.3, 0.4) is 0 Å². The van der Waals surface area contributed by atoms with Gasteiger partial charge < -0.3 is 5.32 Å². The van der Waals surface area contributed by atoms with Crippen molar-refractivity contribution < 1.29 is 0 Å². The van der Waals surface area contributed by atoms with E-state index < -0.39 is 0 Å². The molecule has 5 heteroatoms. The third-order valence-electron chi connectivity index (χ3n) is 2.62. The number of hydrogen-bond donors (Lipinski definition) is 3. The van der Waals surface area contributed by atoms with Gasteiger partial charge in [0.05, 0.1) is 0 Å². The highest BCUT2D eigenvalue weighted by Crippen LogP contribution is 2.46. The molecule has 1 fully saturated rings. The first-order valence-electron chi connectivity index (χ1n) is 4.68. The molecule has 0 spiro atoms. The van der Waals surface area contributed by atoms with Crippen LogP contribution in [0.4, 0.5) is 11.8 Å². The van der Waals surface area contributed by atoms with Crippen LogP contribution in [0.1, 0.15) is 20.3 Å². The molecule has 1 atom stereocenters. The maximum Gasteiger partial charge on any atom is 0.239 e. The SMILES string of the molecule is CC1(C)CC1Nc1ccnc(NN)n1. The van der Waals surface area contributed by atoms with Crippen LogP contribution in [0.15, 0.2) is 12.3 Å². The topological polar surface area (TPSA) is 75.9 Å². The van der Waals surface area contributed by atoms with Crippen LogP contribution >= 0.6 is 0 Å². The van der Waals surface area contributed by atoms with Gasteiger partial charge in [0.1, 0.15) is 5.82 Å². The minimum Gasteiger partial charge on any atom is -0.367 e. The second kappa shape index (κ2) is 3.09. The van der Waals surface area contributed by atoms with Crippen molar-refractivity contribution in [1.82, 2.24) is 9.97 Å². The fourth-order valence-electron chi connectivity index (χ4n) is 1.40. The standard InChI is InChI=1S/C9H15N5/c1-9(2)5-6(9)12-7-3-4-11-8(13-7)14-10/h3-4,6H,5,10H2,1-2H3,(H2,11,12,13,14). The van der Waals surface area contributed by atoms with Crippen LogP contribution in [0.25, 0.3) is 0 Å². The minimum atomic E-state index is 0.390. The summed E-state index contributed by atoms with van der Waals surface area (Å²) in [7, 11) is 0. The van der Waals surface area contributed by atoms with Gasteiger partial charge in [-0.3, -0.25) is 5.43 Å². The van der Waals surface area contributed by atoms with E-state index in [4.69, 9.17) is 5.84 Å². The van der Waals surface area contributed by atoms with Crippen LogP contribution in [-0.4, -0.2) is 16.0 Å². The van der Waals surface area contributed by atoms with Crippen LogP contribution < -0.4 is 16.6 Å². The number of hydrogen-bond acceptors (Lipinski definition) is 5. The number of nitrogens with zero attached hydrogens (tertiary/aromatic N) is 2. The van der Waals surface area contributed by atoms with Crippen molar-refractivity contribution >= 4 is 11.8 Å². The highest BCUT2D eigenvalue weighted by molar-refractivity contribution is 5.42. The largest absolute Gasteiger partial charge is 0.367 e. The molecule has 1 aromatic rings. The summed E-state index contributed by atoms with van der Waals surface area (Å²) >= 11 is 0. The van der Waals surface area contributed by atoms with Crippen LogP contribution in [-0.2, 0) is 0 Å². The molecule has 2 rings (SSSR count). The van der Waals surface area contributed by atoms with Crippen molar-refractivity contribution in [2.45, 2.75) is 26.3 Å². The molecule has 0 amide bonds.